The summed E-state index contributed by atoms with van der Waals surface area (Å²) in [6.45, 7) is 1.80. The van der Waals surface area contributed by atoms with Crippen LogP contribution in [0, 0.1) is 0 Å². The van der Waals surface area contributed by atoms with Crippen molar-refractivity contribution in [3.05, 3.63) is 50.7 Å². The maximum atomic E-state index is 12.3. The molecule has 2 aromatic heterocycles. The highest BCUT2D eigenvalue weighted by molar-refractivity contribution is 9.10. The van der Waals surface area contributed by atoms with Crippen LogP contribution in [0.4, 0.5) is 0 Å². The number of halogens is 1. The lowest BCUT2D eigenvalue weighted by molar-refractivity contribution is 0.487. The molecule has 4 N–H and O–H groups in total. The topological polar surface area (TPSA) is 92.6 Å². The Kier molecular flexibility index (Phi) is 3.64. The average Bonchev–Trinajstić information content (AvgIpc) is 2.93. The van der Waals surface area contributed by atoms with Gasteiger partial charge in [0.1, 0.15) is 5.75 Å². The first-order valence-electron chi connectivity index (χ1n) is 7.61. The molecule has 0 amide bonds. The Hall–Kier alpha value is -2.22. The van der Waals surface area contributed by atoms with Crippen molar-refractivity contribution >= 4 is 43.1 Å². The monoisotopic (exact) mass is 386 g/mol. The second kappa shape index (κ2) is 5.70. The summed E-state index contributed by atoms with van der Waals surface area (Å²) in [4.78, 5) is 12.3. The average molecular weight is 387 g/mol. The lowest BCUT2D eigenvalue weighted by atomic mass is 10.1. The number of fused-ring (bicyclic) bond motifs is 2. The van der Waals surface area contributed by atoms with E-state index in [4.69, 9.17) is 5.73 Å². The molecule has 4 aromatic rings. The summed E-state index contributed by atoms with van der Waals surface area (Å²) < 4.78 is 2.47. The van der Waals surface area contributed by atoms with Crippen molar-refractivity contribution in [3.63, 3.8) is 0 Å². The molecule has 0 aliphatic heterocycles. The Bertz CT molecular complexity index is 1120. The zero-order valence-electron chi connectivity index (χ0n) is 12.7. The fourth-order valence-corrected chi connectivity index (χ4v) is 3.65. The third kappa shape index (κ3) is 2.09. The predicted molar refractivity (Wildman–Crippen MR) is 97.8 cm³/mol. The van der Waals surface area contributed by atoms with Crippen molar-refractivity contribution in [1.29, 1.82) is 0 Å². The van der Waals surface area contributed by atoms with Crippen molar-refractivity contribution in [3.8, 4) is 5.75 Å². The Morgan fingerprint density at radius 3 is 2.88 bits per heavy atom. The minimum atomic E-state index is -0.224. The molecule has 0 saturated heterocycles. The van der Waals surface area contributed by atoms with Gasteiger partial charge < -0.3 is 16.2 Å². The molecule has 0 aliphatic rings. The Morgan fingerprint density at radius 2 is 2.08 bits per heavy atom. The number of aromatic hydroxyl groups is 1. The number of nitrogens with zero attached hydrogens (tertiary/aromatic N) is 2. The van der Waals surface area contributed by atoms with E-state index in [1.54, 1.807) is 16.6 Å². The maximum Gasteiger partial charge on any atom is 0.191 e. The van der Waals surface area contributed by atoms with Crippen LogP contribution >= 0.6 is 15.9 Å². The predicted octanol–water partition coefficient (Wildman–Crippen LogP) is 1.96. The first-order valence-corrected chi connectivity index (χ1v) is 8.40. The highest BCUT2D eigenvalue weighted by Crippen LogP contribution is 2.39. The van der Waals surface area contributed by atoms with Gasteiger partial charge in [-0.3, -0.25) is 4.79 Å². The molecule has 2 aromatic carbocycles. The minimum absolute atomic E-state index is 0.0121. The van der Waals surface area contributed by atoms with Gasteiger partial charge in [0.2, 0.25) is 0 Å². The van der Waals surface area contributed by atoms with Crippen LogP contribution in [0.1, 0.15) is 5.69 Å². The molecule has 0 radical (unpaired) electrons. The molecule has 6 nitrogen and oxygen atoms in total. The van der Waals surface area contributed by atoms with Gasteiger partial charge in [-0.2, -0.15) is 5.10 Å². The summed E-state index contributed by atoms with van der Waals surface area (Å²) in [6.07, 6.45) is 0. The summed E-state index contributed by atoms with van der Waals surface area (Å²) in [6, 6.07) is 8.74. The van der Waals surface area contributed by atoms with Crippen molar-refractivity contribution in [2.75, 3.05) is 13.1 Å². The zero-order chi connectivity index (χ0) is 16.8. The van der Waals surface area contributed by atoms with Gasteiger partial charge in [-0.15, -0.1) is 0 Å². The van der Waals surface area contributed by atoms with Crippen LogP contribution in [0.25, 0.3) is 27.2 Å². The van der Waals surface area contributed by atoms with Gasteiger partial charge in [-0.1, -0.05) is 6.07 Å². The van der Waals surface area contributed by atoms with E-state index in [9.17, 15) is 9.90 Å². The van der Waals surface area contributed by atoms with Gasteiger partial charge >= 0.3 is 0 Å². The molecule has 0 atom stereocenters. The van der Waals surface area contributed by atoms with Crippen molar-refractivity contribution < 1.29 is 5.11 Å². The highest BCUT2D eigenvalue weighted by atomic mass is 79.9. The van der Waals surface area contributed by atoms with Gasteiger partial charge in [0, 0.05) is 29.5 Å². The molecular formula is C17H15BrN4O2. The summed E-state index contributed by atoms with van der Waals surface area (Å²) in [5.41, 5.74) is 7.54. The first-order chi connectivity index (χ1) is 11.6. The largest absolute Gasteiger partial charge is 0.506 e. The lowest BCUT2D eigenvalue weighted by Gasteiger charge is -2.09. The second-order valence-electron chi connectivity index (χ2n) is 5.64. The van der Waals surface area contributed by atoms with E-state index in [1.807, 2.05) is 12.1 Å². The summed E-state index contributed by atoms with van der Waals surface area (Å²) in [5, 5.41) is 20.5. The number of hydrogen-bond acceptors (Lipinski definition) is 5. The number of benzene rings is 2. The van der Waals surface area contributed by atoms with E-state index < -0.39 is 0 Å². The van der Waals surface area contributed by atoms with Crippen LogP contribution in [-0.2, 0) is 6.54 Å². The molecule has 7 heteroatoms. The molecule has 4 rings (SSSR count). The van der Waals surface area contributed by atoms with Crippen molar-refractivity contribution in [2.24, 2.45) is 5.73 Å². The van der Waals surface area contributed by atoms with Crippen molar-refractivity contribution in [2.45, 2.75) is 6.54 Å². The van der Waals surface area contributed by atoms with Gasteiger partial charge in [-0.25, -0.2) is 4.52 Å². The van der Waals surface area contributed by atoms with E-state index in [2.05, 4.69) is 26.3 Å². The van der Waals surface area contributed by atoms with Crippen LogP contribution in [0.15, 0.2) is 39.6 Å². The first kappa shape index (κ1) is 15.3. The van der Waals surface area contributed by atoms with Gasteiger partial charge in [0.15, 0.2) is 5.43 Å². The highest BCUT2D eigenvalue weighted by Gasteiger charge is 2.20. The van der Waals surface area contributed by atoms with Crippen LogP contribution < -0.4 is 16.5 Å². The minimum Gasteiger partial charge on any atom is -0.506 e. The molecule has 2 heterocycles. The van der Waals surface area contributed by atoms with E-state index in [-0.39, 0.29) is 16.6 Å². The number of rotatable bonds is 4. The Balaban J connectivity index is 2.15. The standard InChI is InChI=1S/C17H15BrN4O2/c18-10-5-4-9-11(8-20-7-6-19)21-22-12-2-1-3-13(23)15(12)17(24)14(10)16(9)22/h1-5,20,24H,6-8,19H2. The third-order valence-electron chi connectivity index (χ3n) is 4.19. The molecule has 0 saturated carbocycles. The molecule has 0 aliphatic carbocycles. The van der Waals surface area contributed by atoms with Crippen LogP contribution in [0.3, 0.4) is 0 Å². The Labute approximate surface area is 145 Å². The normalized spacial score (nSPS) is 11.9. The molecule has 0 bridgehead atoms. The molecule has 0 unspecified atom stereocenters. The van der Waals surface area contributed by atoms with E-state index in [0.29, 0.717) is 30.5 Å². The number of hydrogen-bond donors (Lipinski definition) is 3. The fraction of sp³-hybridized carbons (Fsp3) is 0.176. The van der Waals surface area contributed by atoms with Gasteiger partial charge in [0.05, 0.1) is 27.5 Å². The van der Waals surface area contributed by atoms with E-state index >= 15 is 0 Å². The van der Waals surface area contributed by atoms with E-state index in [1.165, 1.54) is 6.07 Å². The smallest absolute Gasteiger partial charge is 0.191 e. The third-order valence-corrected chi connectivity index (χ3v) is 4.85. The quantitative estimate of drug-likeness (QED) is 0.368. The number of aromatic nitrogens is 2. The lowest BCUT2D eigenvalue weighted by Crippen LogP contribution is -2.22. The van der Waals surface area contributed by atoms with Gasteiger partial charge in [0.25, 0.3) is 0 Å². The van der Waals surface area contributed by atoms with Crippen LogP contribution in [0.5, 0.6) is 5.75 Å². The zero-order valence-corrected chi connectivity index (χ0v) is 14.3. The van der Waals surface area contributed by atoms with E-state index in [0.717, 1.165) is 21.1 Å². The number of nitrogens with one attached hydrogen (secondary N) is 1. The molecule has 122 valence electrons. The maximum absolute atomic E-state index is 12.3. The Morgan fingerprint density at radius 1 is 1.25 bits per heavy atom. The fourth-order valence-electron chi connectivity index (χ4n) is 3.14. The van der Waals surface area contributed by atoms with Crippen LogP contribution in [0.2, 0.25) is 0 Å². The SMILES string of the molecule is NCCNCc1nn2c3cccc(=O)c3c(O)c3c(Br)ccc1c32. The second-order valence-corrected chi connectivity index (χ2v) is 6.50. The summed E-state index contributed by atoms with van der Waals surface area (Å²) >= 11 is 3.48. The van der Waals surface area contributed by atoms with Crippen LogP contribution in [-0.4, -0.2) is 27.8 Å². The van der Waals surface area contributed by atoms with Gasteiger partial charge in [-0.05, 0) is 40.2 Å². The summed E-state index contributed by atoms with van der Waals surface area (Å²) in [7, 11) is 0. The number of nitrogens with two attached hydrogens (primary N) is 1. The molecule has 0 spiro atoms. The molecular weight excluding hydrogens is 372 g/mol. The molecule has 0 fully saturated rings. The van der Waals surface area contributed by atoms with Crippen molar-refractivity contribution in [1.82, 2.24) is 14.9 Å². The summed E-state index contributed by atoms with van der Waals surface area (Å²) in [5.74, 6) is -0.0121. The number of pyridine rings is 1. The molecule has 24 heavy (non-hydrogen) atoms.